The van der Waals surface area contributed by atoms with Gasteiger partial charge in [0.25, 0.3) is 5.91 Å². The number of nitrogens with zero attached hydrogens (tertiary/aromatic N) is 1. The van der Waals surface area contributed by atoms with Gasteiger partial charge in [0.15, 0.2) is 0 Å². The summed E-state index contributed by atoms with van der Waals surface area (Å²) < 4.78 is 5.28. The fourth-order valence-electron chi connectivity index (χ4n) is 3.03. The van der Waals surface area contributed by atoms with Crippen LogP contribution in [0.1, 0.15) is 20.8 Å². The summed E-state index contributed by atoms with van der Waals surface area (Å²) in [5.74, 6) is -0.0473. The third-order valence-electron chi connectivity index (χ3n) is 4.46. The zero-order valence-electron chi connectivity index (χ0n) is 15.6. The molecule has 28 heavy (non-hydrogen) atoms. The van der Waals surface area contributed by atoms with E-state index in [2.05, 4.69) is 0 Å². The molecule has 5 nitrogen and oxygen atoms in total. The molecule has 1 aromatic heterocycles. The highest BCUT2D eigenvalue weighted by Crippen LogP contribution is 2.21. The minimum Gasteiger partial charge on any atom is -0.497 e. The molecule has 0 bridgehead atoms. The second-order valence-electron chi connectivity index (χ2n) is 6.37. The Hall–Kier alpha value is -3.12. The van der Waals surface area contributed by atoms with Crippen LogP contribution in [-0.4, -0.2) is 29.9 Å². The first-order chi connectivity index (χ1) is 13.6. The molecule has 3 aromatic rings. The third-order valence-corrected chi connectivity index (χ3v) is 5.31. The summed E-state index contributed by atoms with van der Waals surface area (Å²) in [5, 5.41) is 1.84. The van der Waals surface area contributed by atoms with E-state index in [0.29, 0.717) is 17.0 Å². The normalized spacial score (nSPS) is 11.6. The number of primary amides is 1. The van der Waals surface area contributed by atoms with Crippen LogP contribution < -0.4 is 10.5 Å². The lowest BCUT2D eigenvalue weighted by molar-refractivity contribution is -0.122. The van der Waals surface area contributed by atoms with E-state index in [1.165, 1.54) is 11.3 Å². The summed E-state index contributed by atoms with van der Waals surface area (Å²) in [6, 6.07) is 19.8. The van der Waals surface area contributed by atoms with Crippen molar-refractivity contribution >= 4 is 23.2 Å². The molecule has 0 aliphatic rings. The highest BCUT2D eigenvalue weighted by molar-refractivity contribution is 7.12. The molecular weight excluding hydrogens is 372 g/mol. The van der Waals surface area contributed by atoms with E-state index in [-0.39, 0.29) is 12.5 Å². The van der Waals surface area contributed by atoms with E-state index in [4.69, 9.17) is 10.5 Å². The molecule has 0 saturated carbocycles. The van der Waals surface area contributed by atoms with Gasteiger partial charge in [-0.1, -0.05) is 48.5 Å². The first-order valence-electron chi connectivity index (χ1n) is 8.89. The highest BCUT2D eigenvalue weighted by Gasteiger charge is 2.30. The van der Waals surface area contributed by atoms with Crippen molar-refractivity contribution in [3.63, 3.8) is 0 Å². The van der Waals surface area contributed by atoms with Gasteiger partial charge in [-0.2, -0.15) is 0 Å². The number of hydrogen-bond acceptors (Lipinski definition) is 4. The summed E-state index contributed by atoms with van der Waals surface area (Å²) in [6.45, 7) is 0.258. The second-order valence-corrected chi connectivity index (χ2v) is 7.32. The Bertz CT molecular complexity index is 926. The number of amides is 2. The molecule has 1 atom stereocenters. The van der Waals surface area contributed by atoms with Crippen LogP contribution in [0.5, 0.6) is 5.75 Å². The van der Waals surface area contributed by atoms with Crippen LogP contribution in [0.15, 0.2) is 72.1 Å². The highest BCUT2D eigenvalue weighted by atomic mass is 32.1. The third kappa shape index (κ3) is 4.78. The second kappa shape index (κ2) is 9.19. The van der Waals surface area contributed by atoms with Gasteiger partial charge in [0.05, 0.1) is 12.0 Å². The minimum absolute atomic E-state index is 0.211. The Labute approximate surface area is 168 Å². The summed E-state index contributed by atoms with van der Waals surface area (Å²) in [5.41, 5.74) is 7.54. The first-order valence-corrected chi connectivity index (χ1v) is 9.77. The number of hydrogen-bond donors (Lipinski definition) is 1. The number of thiophene rings is 1. The Morgan fingerprint density at radius 2 is 1.79 bits per heavy atom. The molecule has 0 aliphatic carbocycles. The maximum absolute atomic E-state index is 13.2. The zero-order chi connectivity index (χ0) is 19.9. The van der Waals surface area contributed by atoms with Crippen molar-refractivity contribution in [2.24, 2.45) is 5.73 Å². The fourth-order valence-corrected chi connectivity index (χ4v) is 3.71. The average molecular weight is 394 g/mol. The predicted molar refractivity (Wildman–Crippen MR) is 110 cm³/mol. The van der Waals surface area contributed by atoms with Gasteiger partial charge < -0.3 is 15.4 Å². The molecule has 2 amide bonds. The molecule has 0 unspecified atom stereocenters. The topological polar surface area (TPSA) is 72.6 Å². The number of rotatable bonds is 8. The van der Waals surface area contributed by atoms with Gasteiger partial charge in [-0.15, -0.1) is 11.3 Å². The van der Waals surface area contributed by atoms with Crippen LogP contribution in [0.25, 0.3) is 0 Å². The van der Waals surface area contributed by atoms with Crippen LogP contribution in [0.3, 0.4) is 0 Å². The van der Waals surface area contributed by atoms with E-state index < -0.39 is 11.9 Å². The number of nitrogens with two attached hydrogens (primary N) is 1. The van der Waals surface area contributed by atoms with Gasteiger partial charge in [-0.05, 0) is 34.7 Å². The molecule has 2 N–H and O–H groups in total. The number of ether oxygens (including phenoxy) is 1. The average Bonchev–Trinajstić information content (AvgIpc) is 3.25. The molecule has 0 saturated heterocycles. The number of benzene rings is 2. The molecule has 3 rings (SSSR count). The molecule has 0 aliphatic heterocycles. The molecule has 0 fully saturated rings. The molecular formula is C22H22N2O3S. The van der Waals surface area contributed by atoms with Crippen molar-refractivity contribution in [1.29, 1.82) is 0 Å². The first kappa shape index (κ1) is 19.6. The molecule has 1 heterocycles. The summed E-state index contributed by atoms with van der Waals surface area (Å²) in [7, 11) is 1.59. The van der Waals surface area contributed by atoms with Crippen molar-refractivity contribution in [2.75, 3.05) is 7.11 Å². The van der Waals surface area contributed by atoms with Gasteiger partial charge in [0, 0.05) is 13.0 Å². The van der Waals surface area contributed by atoms with Crippen LogP contribution in [0, 0.1) is 0 Å². The maximum Gasteiger partial charge on any atom is 0.264 e. The smallest absolute Gasteiger partial charge is 0.264 e. The zero-order valence-corrected chi connectivity index (χ0v) is 16.4. The molecule has 0 radical (unpaired) electrons. The lowest BCUT2D eigenvalue weighted by atomic mass is 10.0. The molecule has 0 spiro atoms. The van der Waals surface area contributed by atoms with Crippen molar-refractivity contribution in [3.8, 4) is 5.75 Å². The van der Waals surface area contributed by atoms with Gasteiger partial charge in [0.1, 0.15) is 11.8 Å². The van der Waals surface area contributed by atoms with Gasteiger partial charge >= 0.3 is 0 Å². The largest absolute Gasteiger partial charge is 0.497 e. The Morgan fingerprint density at radius 1 is 1.04 bits per heavy atom. The van der Waals surface area contributed by atoms with Crippen molar-refractivity contribution in [3.05, 3.63) is 88.1 Å². The van der Waals surface area contributed by atoms with E-state index in [9.17, 15) is 9.59 Å². The van der Waals surface area contributed by atoms with E-state index in [1.54, 1.807) is 18.1 Å². The summed E-state index contributed by atoms with van der Waals surface area (Å²) in [4.78, 5) is 27.7. The quantitative estimate of drug-likeness (QED) is 0.636. The number of carbonyl (C=O) groups excluding carboxylic acids is 2. The molecule has 2 aromatic carbocycles. The Balaban J connectivity index is 1.95. The van der Waals surface area contributed by atoms with Gasteiger partial charge in [-0.25, -0.2) is 0 Å². The van der Waals surface area contributed by atoms with Crippen molar-refractivity contribution in [1.82, 2.24) is 4.90 Å². The van der Waals surface area contributed by atoms with Gasteiger partial charge in [0.2, 0.25) is 5.91 Å². The minimum atomic E-state index is -0.761. The van der Waals surface area contributed by atoms with Crippen LogP contribution in [-0.2, 0) is 17.8 Å². The number of carbonyl (C=O) groups is 2. The maximum atomic E-state index is 13.2. The predicted octanol–water partition coefficient (Wildman–Crippen LogP) is 3.50. The Kier molecular flexibility index (Phi) is 6.45. The lowest BCUT2D eigenvalue weighted by Gasteiger charge is -2.30. The summed E-state index contributed by atoms with van der Waals surface area (Å²) >= 11 is 1.34. The summed E-state index contributed by atoms with van der Waals surface area (Å²) in [6.07, 6.45) is 0.358. The van der Waals surface area contributed by atoms with E-state index in [1.807, 2.05) is 66.0 Å². The lowest BCUT2D eigenvalue weighted by Crippen LogP contribution is -2.48. The SMILES string of the molecule is COc1cccc(CN(C(=O)c2cccs2)[C@H](Cc2ccccc2)C(N)=O)c1. The standard InChI is InChI=1S/C22H22N2O3S/c1-27-18-10-5-9-17(13-18)15-24(22(26)20-11-6-12-28-20)19(21(23)25)14-16-7-3-2-4-8-16/h2-13,19H,14-15H2,1H3,(H2,23,25)/t19-/m1/s1. The van der Waals surface area contributed by atoms with Crippen LogP contribution in [0.4, 0.5) is 0 Å². The van der Waals surface area contributed by atoms with Gasteiger partial charge in [-0.3, -0.25) is 9.59 Å². The fraction of sp³-hybridized carbons (Fsp3) is 0.182. The van der Waals surface area contributed by atoms with Crippen molar-refractivity contribution < 1.29 is 14.3 Å². The monoisotopic (exact) mass is 394 g/mol. The Morgan fingerprint density at radius 3 is 2.43 bits per heavy atom. The van der Waals surface area contributed by atoms with Crippen molar-refractivity contribution in [2.45, 2.75) is 19.0 Å². The molecule has 144 valence electrons. The number of methoxy groups -OCH3 is 1. The molecule has 6 heteroatoms. The van der Waals surface area contributed by atoms with Crippen LogP contribution in [0.2, 0.25) is 0 Å². The van der Waals surface area contributed by atoms with E-state index in [0.717, 1.165) is 11.1 Å². The van der Waals surface area contributed by atoms with Crippen LogP contribution >= 0.6 is 11.3 Å². The van der Waals surface area contributed by atoms with E-state index >= 15 is 0 Å².